The lowest BCUT2D eigenvalue weighted by atomic mass is 10.2. The minimum Gasteiger partial charge on any atom is -0.357 e. The summed E-state index contributed by atoms with van der Waals surface area (Å²) < 4.78 is 1.88. The molecule has 0 aliphatic heterocycles. The highest BCUT2D eigenvalue weighted by Gasteiger charge is 2.01. The fraction of sp³-hybridized carbons (Fsp3) is 0.444. The maximum absolute atomic E-state index is 4.61. The van der Waals surface area contributed by atoms with Gasteiger partial charge in [-0.3, -0.25) is 0 Å². The van der Waals surface area contributed by atoms with Gasteiger partial charge in [0.25, 0.3) is 0 Å². The summed E-state index contributed by atoms with van der Waals surface area (Å²) in [5, 5.41) is 11.2. The van der Waals surface area contributed by atoms with Gasteiger partial charge in [0.2, 0.25) is 0 Å². The maximum atomic E-state index is 4.61. The van der Waals surface area contributed by atoms with Crippen molar-refractivity contribution >= 4 is 5.96 Å². The average Bonchev–Trinajstić information content (AvgIpc) is 3.06. The summed E-state index contributed by atoms with van der Waals surface area (Å²) >= 11 is 0. The maximum Gasteiger partial charge on any atom is 0.191 e. The lowest BCUT2D eigenvalue weighted by Crippen LogP contribution is -2.37. The SMILES string of the molecule is CCCCCNC(=NCc1ccn(-c2ccccc2)n1)NCC. The molecule has 0 atom stereocenters. The van der Waals surface area contributed by atoms with Crippen molar-refractivity contribution in [1.29, 1.82) is 0 Å². The monoisotopic (exact) mass is 313 g/mol. The number of unbranched alkanes of at least 4 members (excludes halogenated alkanes) is 2. The third-order valence-corrected chi connectivity index (χ3v) is 3.48. The first-order valence-corrected chi connectivity index (χ1v) is 8.45. The smallest absolute Gasteiger partial charge is 0.191 e. The third kappa shape index (κ3) is 5.77. The topological polar surface area (TPSA) is 54.2 Å². The molecule has 23 heavy (non-hydrogen) atoms. The molecule has 0 aliphatic carbocycles. The minimum atomic E-state index is 0.572. The van der Waals surface area contributed by atoms with Gasteiger partial charge in [-0.15, -0.1) is 0 Å². The van der Waals surface area contributed by atoms with Crippen LogP contribution in [0.1, 0.15) is 38.8 Å². The first kappa shape index (κ1) is 17.1. The van der Waals surface area contributed by atoms with Gasteiger partial charge in [0.05, 0.1) is 17.9 Å². The van der Waals surface area contributed by atoms with Crippen LogP contribution in [0.2, 0.25) is 0 Å². The molecular formula is C18H27N5. The molecule has 5 nitrogen and oxygen atoms in total. The average molecular weight is 313 g/mol. The van der Waals surface area contributed by atoms with Crippen LogP contribution in [0.3, 0.4) is 0 Å². The highest BCUT2D eigenvalue weighted by molar-refractivity contribution is 5.79. The van der Waals surface area contributed by atoms with E-state index in [0.29, 0.717) is 6.54 Å². The van der Waals surface area contributed by atoms with E-state index in [-0.39, 0.29) is 0 Å². The largest absolute Gasteiger partial charge is 0.357 e. The summed E-state index contributed by atoms with van der Waals surface area (Å²) in [5.41, 5.74) is 2.02. The van der Waals surface area contributed by atoms with Crippen molar-refractivity contribution in [2.24, 2.45) is 4.99 Å². The molecular weight excluding hydrogens is 286 g/mol. The Morgan fingerprint density at radius 2 is 1.91 bits per heavy atom. The molecule has 5 heteroatoms. The Kier molecular flexibility index (Phi) is 7.17. The number of nitrogens with zero attached hydrogens (tertiary/aromatic N) is 3. The summed E-state index contributed by atoms with van der Waals surface area (Å²) in [7, 11) is 0. The van der Waals surface area contributed by atoms with Gasteiger partial charge in [0, 0.05) is 19.3 Å². The summed E-state index contributed by atoms with van der Waals surface area (Å²) in [5.74, 6) is 0.859. The number of benzene rings is 1. The molecule has 0 aliphatic rings. The number of aromatic nitrogens is 2. The van der Waals surface area contributed by atoms with E-state index < -0.39 is 0 Å². The van der Waals surface area contributed by atoms with E-state index in [0.717, 1.165) is 30.4 Å². The van der Waals surface area contributed by atoms with Crippen molar-refractivity contribution in [3.8, 4) is 5.69 Å². The van der Waals surface area contributed by atoms with Crippen molar-refractivity contribution in [3.05, 3.63) is 48.3 Å². The first-order valence-electron chi connectivity index (χ1n) is 8.45. The van der Waals surface area contributed by atoms with E-state index in [1.807, 2.05) is 47.3 Å². The van der Waals surface area contributed by atoms with E-state index in [1.165, 1.54) is 19.3 Å². The molecule has 0 saturated heterocycles. The van der Waals surface area contributed by atoms with Crippen molar-refractivity contribution in [2.75, 3.05) is 13.1 Å². The van der Waals surface area contributed by atoms with Crippen molar-refractivity contribution in [1.82, 2.24) is 20.4 Å². The summed E-state index contributed by atoms with van der Waals surface area (Å²) in [6.07, 6.45) is 5.62. The van der Waals surface area contributed by atoms with Crippen molar-refractivity contribution in [2.45, 2.75) is 39.7 Å². The number of nitrogens with one attached hydrogen (secondary N) is 2. The Labute approximate surface area is 138 Å². The van der Waals surface area contributed by atoms with Crippen LogP contribution in [0.5, 0.6) is 0 Å². The summed E-state index contributed by atoms with van der Waals surface area (Å²) in [4.78, 5) is 4.61. The van der Waals surface area contributed by atoms with Gasteiger partial charge in [-0.05, 0) is 31.5 Å². The van der Waals surface area contributed by atoms with Gasteiger partial charge in [0.15, 0.2) is 5.96 Å². The second-order valence-corrected chi connectivity index (χ2v) is 5.42. The van der Waals surface area contributed by atoms with Crippen LogP contribution in [-0.2, 0) is 6.54 Å². The van der Waals surface area contributed by atoms with E-state index in [1.54, 1.807) is 0 Å². The molecule has 0 bridgehead atoms. The molecule has 1 heterocycles. The number of hydrogen-bond acceptors (Lipinski definition) is 2. The van der Waals surface area contributed by atoms with Crippen LogP contribution in [-0.4, -0.2) is 28.8 Å². The number of para-hydroxylation sites is 1. The highest BCUT2D eigenvalue weighted by atomic mass is 15.3. The number of rotatable bonds is 8. The van der Waals surface area contributed by atoms with Crippen LogP contribution in [0, 0.1) is 0 Å². The van der Waals surface area contributed by atoms with Crippen LogP contribution in [0.15, 0.2) is 47.6 Å². The zero-order valence-corrected chi connectivity index (χ0v) is 14.1. The van der Waals surface area contributed by atoms with E-state index in [9.17, 15) is 0 Å². The van der Waals surface area contributed by atoms with E-state index in [2.05, 4.69) is 34.6 Å². The quantitative estimate of drug-likeness (QED) is 0.447. The molecule has 2 N–H and O–H groups in total. The van der Waals surface area contributed by atoms with Crippen molar-refractivity contribution < 1.29 is 0 Å². The van der Waals surface area contributed by atoms with E-state index >= 15 is 0 Å². The Hall–Kier alpha value is -2.30. The molecule has 0 spiro atoms. The normalized spacial score (nSPS) is 11.5. The fourth-order valence-electron chi connectivity index (χ4n) is 2.25. The van der Waals surface area contributed by atoms with E-state index in [4.69, 9.17) is 0 Å². The molecule has 1 aromatic heterocycles. The lowest BCUT2D eigenvalue weighted by molar-refractivity contribution is 0.682. The van der Waals surface area contributed by atoms with Gasteiger partial charge in [0.1, 0.15) is 0 Å². The molecule has 0 fully saturated rings. The van der Waals surface area contributed by atoms with Gasteiger partial charge in [-0.1, -0.05) is 38.0 Å². The van der Waals surface area contributed by atoms with Gasteiger partial charge >= 0.3 is 0 Å². The van der Waals surface area contributed by atoms with Gasteiger partial charge in [-0.25, -0.2) is 9.67 Å². The standard InChI is InChI=1S/C18H27N5/c1-3-5-9-13-20-18(19-4-2)21-15-16-12-14-23(22-16)17-10-7-6-8-11-17/h6-8,10-12,14H,3-5,9,13,15H2,1-2H3,(H2,19,20,21). The van der Waals surface area contributed by atoms with Crippen LogP contribution < -0.4 is 10.6 Å². The zero-order chi connectivity index (χ0) is 16.3. The second-order valence-electron chi connectivity index (χ2n) is 5.42. The number of guanidine groups is 1. The predicted octanol–water partition coefficient (Wildman–Crippen LogP) is 3.12. The third-order valence-electron chi connectivity index (χ3n) is 3.48. The molecule has 0 saturated carbocycles. The van der Waals surface area contributed by atoms with Crippen LogP contribution in [0.25, 0.3) is 5.69 Å². The van der Waals surface area contributed by atoms with Gasteiger partial charge in [-0.2, -0.15) is 5.10 Å². The molecule has 2 rings (SSSR count). The Morgan fingerprint density at radius 1 is 1.09 bits per heavy atom. The first-order chi connectivity index (χ1) is 11.3. The number of aliphatic imine (C=N–C) groups is 1. The molecule has 2 aromatic rings. The fourth-order valence-corrected chi connectivity index (χ4v) is 2.25. The molecule has 0 amide bonds. The predicted molar refractivity (Wildman–Crippen MR) is 95.9 cm³/mol. The molecule has 124 valence electrons. The van der Waals surface area contributed by atoms with Crippen molar-refractivity contribution in [3.63, 3.8) is 0 Å². The summed E-state index contributed by atoms with van der Waals surface area (Å²) in [6, 6.07) is 12.1. The zero-order valence-electron chi connectivity index (χ0n) is 14.1. The Morgan fingerprint density at radius 3 is 2.65 bits per heavy atom. The van der Waals surface area contributed by atoms with Crippen LogP contribution in [0.4, 0.5) is 0 Å². The molecule has 0 unspecified atom stereocenters. The molecule has 0 radical (unpaired) electrons. The Balaban J connectivity index is 1.92. The Bertz CT molecular complexity index is 588. The van der Waals surface area contributed by atoms with Crippen LogP contribution >= 0.6 is 0 Å². The molecule has 1 aromatic carbocycles. The minimum absolute atomic E-state index is 0.572. The second kappa shape index (κ2) is 9.66. The lowest BCUT2D eigenvalue weighted by Gasteiger charge is -2.10. The van der Waals surface area contributed by atoms with Gasteiger partial charge < -0.3 is 10.6 Å². The summed E-state index contributed by atoms with van der Waals surface area (Å²) in [6.45, 7) is 6.68. The highest BCUT2D eigenvalue weighted by Crippen LogP contribution is 2.07. The number of hydrogen-bond donors (Lipinski definition) is 2.